The number of nitrogens with zero attached hydrogens (tertiary/aromatic N) is 1. The van der Waals surface area contributed by atoms with E-state index in [2.05, 4.69) is 36.9 Å². The van der Waals surface area contributed by atoms with E-state index in [1.54, 1.807) is 12.1 Å². The van der Waals surface area contributed by atoms with Crippen molar-refractivity contribution in [1.29, 1.82) is 0 Å². The third-order valence-corrected chi connectivity index (χ3v) is 5.74. The van der Waals surface area contributed by atoms with Crippen LogP contribution in [0.2, 0.25) is 0 Å². The molecule has 1 heterocycles. The first-order valence-corrected chi connectivity index (χ1v) is 12.0. The van der Waals surface area contributed by atoms with Crippen molar-refractivity contribution >= 4 is 22.6 Å². The van der Waals surface area contributed by atoms with Crippen LogP contribution in [0.3, 0.4) is 0 Å². The Bertz CT molecular complexity index is 1130. The van der Waals surface area contributed by atoms with Crippen LogP contribution in [0.5, 0.6) is 0 Å². The summed E-state index contributed by atoms with van der Waals surface area (Å²) in [5, 5.41) is 10.7. The van der Waals surface area contributed by atoms with Gasteiger partial charge < -0.3 is 10.0 Å². The summed E-state index contributed by atoms with van der Waals surface area (Å²) in [4.78, 5) is 14.2. The van der Waals surface area contributed by atoms with Gasteiger partial charge in [-0.25, -0.2) is 27.8 Å². The second-order valence-corrected chi connectivity index (χ2v) is 8.42. The molecule has 33 heavy (non-hydrogen) atoms. The van der Waals surface area contributed by atoms with E-state index in [1.807, 2.05) is 12.1 Å². The van der Waals surface area contributed by atoms with Gasteiger partial charge in [0.2, 0.25) is 0 Å². The van der Waals surface area contributed by atoms with Gasteiger partial charge in [-0.15, -0.1) is 10.2 Å². The highest BCUT2D eigenvalue weighted by atomic mass is 35.7. The quantitative estimate of drug-likeness (QED) is 0.539. The fourth-order valence-corrected chi connectivity index (χ4v) is 4.33. The van der Waals surface area contributed by atoms with E-state index in [4.69, 9.17) is 23.1 Å². The Balaban J connectivity index is 0.000000555. The first kappa shape index (κ1) is 24.9. The molecule has 0 bridgehead atoms. The number of anilines is 1. The maximum atomic E-state index is 11.9. The molecule has 1 aliphatic carbocycles. The van der Waals surface area contributed by atoms with Gasteiger partial charge in [0.15, 0.2) is 0 Å². The average Bonchev–Trinajstić information content (AvgIpc) is 2.77. The molecule has 0 amide bonds. The molecule has 3 aromatic rings. The van der Waals surface area contributed by atoms with E-state index in [0.717, 1.165) is 72.3 Å². The monoisotopic (exact) mass is 475 g/mol. The molecule has 0 unspecified atom stereocenters. The second-order valence-electron chi connectivity index (χ2n) is 7.67. The lowest BCUT2D eigenvalue weighted by atomic mass is 9.86. The molecule has 2 aromatic carbocycles. The molecule has 0 saturated heterocycles. The molecule has 9 heteroatoms. The van der Waals surface area contributed by atoms with E-state index in [1.165, 1.54) is 5.56 Å². The molecule has 0 saturated carbocycles. The van der Waals surface area contributed by atoms with Crippen LogP contribution in [-0.2, 0) is 12.8 Å². The average molecular weight is 476 g/mol. The molecule has 0 aliphatic heterocycles. The lowest BCUT2D eigenvalue weighted by Gasteiger charge is -2.21. The van der Waals surface area contributed by atoms with Gasteiger partial charge in [-0.3, -0.25) is 0 Å². The normalized spacial score (nSPS) is 13.2. The van der Waals surface area contributed by atoms with Crippen LogP contribution in [0.15, 0.2) is 46.9 Å². The molecule has 0 spiro atoms. The number of carboxylic acid groups (broad SMARTS) is 1. The molecule has 4 rings (SSSR count). The summed E-state index contributed by atoms with van der Waals surface area (Å²) < 4.78 is 40.3. The summed E-state index contributed by atoms with van der Waals surface area (Å²) in [7, 11) is -4.94. The minimum absolute atomic E-state index is 0.343. The van der Waals surface area contributed by atoms with E-state index in [-0.39, 0.29) is 0 Å². The molecular formula is C24H26ClNO7. The Morgan fingerprint density at radius 3 is 2.30 bits per heavy atom. The van der Waals surface area contributed by atoms with Gasteiger partial charge in [-0.05, 0) is 56.9 Å². The number of carboxylic acids is 1. The largest absolute Gasteiger partial charge is 0.478 e. The number of benzene rings is 2. The topological polar surface area (TPSA) is 144 Å². The standard InChI is InChI=1S/C24H25NO3.ClHO4/c1-3-25(4-2)16-13-14-20-22(15-16)28-21-12-8-7-11-19(21)23(20)17-9-5-6-10-18(17)24(26)27;2-1(3,4)5/h5-6,9-10,13-15H,3-4,7-8,11-12H2,1-2H3;(H,2,3,4,5). The number of aromatic carboxylic acids is 1. The Morgan fingerprint density at radius 2 is 1.67 bits per heavy atom. The Morgan fingerprint density at radius 1 is 1.03 bits per heavy atom. The lowest BCUT2D eigenvalue weighted by molar-refractivity contribution is -2.00. The fraction of sp³-hybridized carbons (Fsp3) is 0.333. The van der Waals surface area contributed by atoms with E-state index in [9.17, 15) is 9.90 Å². The van der Waals surface area contributed by atoms with Gasteiger partial charge in [0.05, 0.1) is 29.0 Å². The first-order chi connectivity index (χ1) is 15.6. The summed E-state index contributed by atoms with van der Waals surface area (Å²) in [6.45, 7) is 6.15. The van der Waals surface area contributed by atoms with Crippen molar-refractivity contribution in [2.24, 2.45) is 0 Å². The predicted molar refractivity (Wildman–Crippen MR) is 113 cm³/mol. The van der Waals surface area contributed by atoms with Crippen LogP contribution in [0.1, 0.15) is 48.4 Å². The van der Waals surface area contributed by atoms with Crippen LogP contribution in [0.25, 0.3) is 22.1 Å². The summed E-state index contributed by atoms with van der Waals surface area (Å²) in [5.41, 5.74) is 5.29. The Kier molecular flexibility index (Phi) is 7.88. The Hall–Kier alpha value is -2.75. The molecule has 0 atom stereocenters. The van der Waals surface area contributed by atoms with Crippen LogP contribution >= 0.6 is 0 Å². The zero-order chi connectivity index (χ0) is 24.2. The van der Waals surface area contributed by atoms with Crippen molar-refractivity contribution in [3.05, 3.63) is 59.4 Å². The highest BCUT2D eigenvalue weighted by molar-refractivity contribution is 6.04. The maximum absolute atomic E-state index is 11.9. The van der Waals surface area contributed by atoms with Gasteiger partial charge in [-0.2, -0.15) is 0 Å². The van der Waals surface area contributed by atoms with Crippen molar-refractivity contribution in [2.75, 3.05) is 18.0 Å². The van der Waals surface area contributed by atoms with Crippen LogP contribution < -0.4 is 23.5 Å². The second kappa shape index (κ2) is 10.5. The van der Waals surface area contributed by atoms with Crippen molar-refractivity contribution in [2.45, 2.75) is 39.5 Å². The van der Waals surface area contributed by atoms with Gasteiger partial charge in [0, 0.05) is 24.3 Å². The minimum Gasteiger partial charge on any atom is -0.478 e. The fourth-order valence-electron chi connectivity index (χ4n) is 4.33. The maximum Gasteiger partial charge on any atom is 0.362 e. The highest BCUT2D eigenvalue weighted by Crippen LogP contribution is 2.40. The van der Waals surface area contributed by atoms with Crippen molar-refractivity contribution in [1.82, 2.24) is 0 Å². The van der Waals surface area contributed by atoms with Gasteiger partial charge in [0.25, 0.3) is 0 Å². The number of hydrogen-bond acceptors (Lipinski definition) is 6. The third-order valence-electron chi connectivity index (χ3n) is 5.74. The number of halogens is 1. The molecule has 8 nitrogen and oxygen atoms in total. The summed E-state index contributed by atoms with van der Waals surface area (Å²) in [5.74, 6) is 0.111. The molecular weight excluding hydrogens is 450 g/mol. The predicted octanol–water partition coefficient (Wildman–Crippen LogP) is 1.05. The summed E-state index contributed by atoms with van der Waals surface area (Å²) in [6, 6.07) is 13.6. The van der Waals surface area contributed by atoms with Crippen LogP contribution in [0.4, 0.5) is 5.69 Å². The number of fused-ring (bicyclic) bond motifs is 2. The van der Waals surface area contributed by atoms with Crippen molar-refractivity contribution in [3.63, 3.8) is 0 Å². The van der Waals surface area contributed by atoms with Crippen molar-refractivity contribution in [3.8, 4) is 11.1 Å². The summed E-state index contributed by atoms with van der Waals surface area (Å²) in [6.07, 6.45) is 4.05. The van der Waals surface area contributed by atoms with Gasteiger partial charge >= 0.3 is 17.3 Å². The molecule has 0 fully saturated rings. The number of hydrogen-bond donors (Lipinski definition) is 1. The smallest absolute Gasteiger partial charge is 0.362 e. The van der Waals surface area contributed by atoms with Crippen molar-refractivity contribution < 1.29 is 43.2 Å². The SMILES string of the molecule is CCN(CC)c1ccc2c(-c3ccccc3C(=O)O)c3c([o+]c2c1)CCCC3.[O-][Cl+3]([O-])([O-])[O-]. The minimum atomic E-state index is -4.94. The molecule has 1 aliphatic rings. The molecule has 176 valence electrons. The van der Waals surface area contributed by atoms with Crippen LogP contribution in [-0.4, -0.2) is 24.2 Å². The molecule has 1 aromatic heterocycles. The number of aryl methyl sites for hydroxylation is 1. The number of carbonyl (C=O) groups is 1. The Labute approximate surface area is 194 Å². The third kappa shape index (κ3) is 5.98. The summed E-state index contributed by atoms with van der Waals surface area (Å²) >= 11 is 0. The highest BCUT2D eigenvalue weighted by Gasteiger charge is 2.30. The van der Waals surface area contributed by atoms with Gasteiger partial charge in [-0.1, -0.05) is 18.2 Å². The molecule has 1 N–H and O–H groups in total. The lowest BCUT2D eigenvalue weighted by Crippen LogP contribution is -2.68. The number of rotatable bonds is 5. The van der Waals surface area contributed by atoms with E-state index >= 15 is 0 Å². The van der Waals surface area contributed by atoms with Crippen LogP contribution in [0, 0.1) is 10.2 Å². The zero-order valence-electron chi connectivity index (χ0n) is 18.5. The van der Waals surface area contributed by atoms with E-state index in [0.29, 0.717) is 5.56 Å². The zero-order valence-corrected chi connectivity index (χ0v) is 19.3. The van der Waals surface area contributed by atoms with E-state index < -0.39 is 16.2 Å². The molecule has 0 radical (unpaired) electrons. The van der Waals surface area contributed by atoms with Gasteiger partial charge in [0.1, 0.15) is 0 Å². The first-order valence-electron chi connectivity index (χ1n) is 10.7.